The monoisotopic (exact) mass is 262 g/mol. The van der Waals surface area contributed by atoms with Crippen LogP contribution in [0.4, 0.5) is 0 Å². The molecule has 0 radical (unpaired) electrons. The molecule has 1 aromatic heterocycles. The van der Waals surface area contributed by atoms with Crippen molar-refractivity contribution in [3.63, 3.8) is 0 Å². The molecular formula is C14H18N2OS. The van der Waals surface area contributed by atoms with Gasteiger partial charge in [-0.05, 0) is 24.6 Å². The number of hydrogen-bond donors (Lipinski definition) is 1. The van der Waals surface area contributed by atoms with Crippen LogP contribution in [-0.2, 0) is 6.54 Å². The van der Waals surface area contributed by atoms with Crippen LogP contribution in [-0.4, -0.2) is 20.6 Å². The van der Waals surface area contributed by atoms with E-state index in [2.05, 4.69) is 24.2 Å². The minimum Gasteiger partial charge on any atom is -0.386 e. The molecule has 4 heteroatoms. The molecular weight excluding hydrogens is 244 g/mol. The van der Waals surface area contributed by atoms with Gasteiger partial charge >= 0.3 is 0 Å². The van der Waals surface area contributed by atoms with E-state index in [1.54, 1.807) is 18.0 Å². The van der Waals surface area contributed by atoms with Gasteiger partial charge < -0.3 is 5.11 Å². The lowest BCUT2D eigenvalue weighted by Crippen LogP contribution is -2.10. The fourth-order valence-electron chi connectivity index (χ4n) is 1.80. The average Bonchev–Trinajstić information content (AvgIpc) is 2.86. The van der Waals surface area contributed by atoms with Crippen molar-refractivity contribution >= 4 is 11.8 Å². The zero-order chi connectivity index (χ0) is 12.8. The van der Waals surface area contributed by atoms with Crippen LogP contribution < -0.4 is 0 Å². The molecule has 1 heterocycles. The predicted molar refractivity (Wildman–Crippen MR) is 74.6 cm³/mol. The number of hydrogen-bond acceptors (Lipinski definition) is 3. The summed E-state index contributed by atoms with van der Waals surface area (Å²) in [6.07, 6.45) is 2.30. The van der Waals surface area contributed by atoms with Gasteiger partial charge in [0.15, 0.2) is 0 Å². The van der Waals surface area contributed by atoms with Gasteiger partial charge in [0, 0.05) is 23.4 Å². The maximum absolute atomic E-state index is 10.2. The van der Waals surface area contributed by atoms with Crippen molar-refractivity contribution < 1.29 is 5.11 Å². The first-order valence-electron chi connectivity index (χ1n) is 6.19. The molecule has 0 fully saturated rings. The van der Waals surface area contributed by atoms with Crippen LogP contribution in [0, 0.1) is 0 Å². The van der Waals surface area contributed by atoms with E-state index in [-0.39, 0.29) is 0 Å². The summed E-state index contributed by atoms with van der Waals surface area (Å²) in [5.41, 5.74) is 0.903. The van der Waals surface area contributed by atoms with Crippen LogP contribution in [0.3, 0.4) is 0 Å². The normalized spacial score (nSPS) is 12.6. The predicted octanol–water partition coefficient (Wildman–Crippen LogP) is 3.12. The van der Waals surface area contributed by atoms with Gasteiger partial charge in [0.05, 0.1) is 5.69 Å². The Labute approximate surface area is 112 Å². The summed E-state index contributed by atoms with van der Waals surface area (Å²) in [5.74, 6) is 0.652. The summed E-state index contributed by atoms with van der Waals surface area (Å²) in [6.45, 7) is 2.96. The molecule has 2 aromatic rings. The van der Waals surface area contributed by atoms with Crippen molar-refractivity contribution in [3.8, 4) is 0 Å². The first-order chi connectivity index (χ1) is 8.81. The topological polar surface area (TPSA) is 38.0 Å². The van der Waals surface area contributed by atoms with E-state index >= 15 is 0 Å². The van der Waals surface area contributed by atoms with Gasteiger partial charge in [-0.2, -0.15) is 5.10 Å². The molecule has 1 aromatic carbocycles. The molecule has 0 bridgehead atoms. The molecule has 2 rings (SSSR count). The molecule has 0 saturated carbocycles. The Morgan fingerprint density at radius 2 is 2.06 bits per heavy atom. The van der Waals surface area contributed by atoms with Crippen molar-refractivity contribution in [3.05, 3.63) is 48.3 Å². The summed E-state index contributed by atoms with van der Waals surface area (Å²) in [4.78, 5) is 1.18. The Bertz CT molecular complexity index is 470. The Balaban J connectivity index is 1.95. The highest BCUT2D eigenvalue weighted by molar-refractivity contribution is 7.99. The van der Waals surface area contributed by atoms with Crippen molar-refractivity contribution in [1.29, 1.82) is 0 Å². The maximum Gasteiger partial charge on any atom is 0.105 e. The zero-order valence-electron chi connectivity index (χ0n) is 10.5. The third kappa shape index (κ3) is 3.37. The fraction of sp³-hybridized carbons (Fsp3) is 0.357. The molecule has 0 saturated heterocycles. The standard InChI is InChI=1S/C14H18N2OS/c1-2-10-16-13(8-9-15-16)14(17)11-18-12-6-4-3-5-7-12/h3-9,14,17H,2,10-11H2,1H3. The van der Waals surface area contributed by atoms with Crippen molar-refractivity contribution in [2.75, 3.05) is 5.75 Å². The third-order valence-corrected chi connectivity index (χ3v) is 3.77. The fourth-order valence-corrected chi connectivity index (χ4v) is 2.67. The number of nitrogens with zero attached hydrogens (tertiary/aromatic N) is 2. The SMILES string of the molecule is CCCn1nccc1C(O)CSc1ccccc1. The highest BCUT2D eigenvalue weighted by atomic mass is 32.2. The summed E-state index contributed by atoms with van der Waals surface area (Å²) >= 11 is 1.66. The van der Waals surface area contributed by atoms with Crippen LogP contribution in [0.2, 0.25) is 0 Å². The second-order valence-electron chi connectivity index (χ2n) is 4.12. The molecule has 1 N–H and O–H groups in total. The summed E-state index contributed by atoms with van der Waals surface area (Å²) in [5, 5.41) is 14.4. The second kappa shape index (κ2) is 6.61. The van der Waals surface area contributed by atoms with Crippen molar-refractivity contribution in [2.24, 2.45) is 0 Å². The number of thioether (sulfide) groups is 1. The summed E-state index contributed by atoms with van der Waals surface area (Å²) < 4.78 is 1.89. The molecule has 1 unspecified atom stereocenters. The van der Waals surface area contributed by atoms with Crippen LogP contribution in [0.1, 0.15) is 25.1 Å². The molecule has 0 aliphatic heterocycles. The van der Waals surface area contributed by atoms with Crippen LogP contribution in [0.5, 0.6) is 0 Å². The molecule has 96 valence electrons. The Morgan fingerprint density at radius 1 is 1.28 bits per heavy atom. The molecule has 0 aliphatic rings. The van der Waals surface area contributed by atoms with E-state index in [1.165, 1.54) is 4.90 Å². The van der Waals surface area contributed by atoms with Crippen LogP contribution >= 0.6 is 11.8 Å². The van der Waals surface area contributed by atoms with Gasteiger partial charge in [-0.1, -0.05) is 25.1 Å². The maximum atomic E-state index is 10.2. The Morgan fingerprint density at radius 3 is 2.78 bits per heavy atom. The molecule has 0 aliphatic carbocycles. The van der Waals surface area contributed by atoms with E-state index in [9.17, 15) is 5.11 Å². The smallest absolute Gasteiger partial charge is 0.105 e. The highest BCUT2D eigenvalue weighted by Crippen LogP contribution is 2.24. The van der Waals surface area contributed by atoms with Gasteiger partial charge in [-0.15, -0.1) is 11.8 Å². The van der Waals surface area contributed by atoms with Crippen LogP contribution in [0.25, 0.3) is 0 Å². The van der Waals surface area contributed by atoms with E-state index < -0.39 is 6.10 Å². The largest absolute Gasteiger partial charge is 0.386 e. The quantitative estimate of drug-likeness (QED) is 0.813. The number of rotatable bonds is 6. The molecule has 0 amide bonds. The number of aliphatic hydroxyl groups excluding tert-OH is 1. The first kappa shape index (κ1) is 13.2. The summed E-state index contributed by atoms with van der Waals surface area (Å²) in [7, 11) is 0. The lowest BCUT2D eigenvalue weighted by Gasteiger charge is -2.12. The van der Waals surface area contributed by atoms with E-state index in [1.807, 2.05) is 28.9 Å². The highest BCUT2D eigenvalue weighted by Gasteiger charge is 2.13. The van der Waals surface area contributed by atoms with Gasteiger partial charge in [-0.25, -0.2) is 0 Å². The van der Waals surface area contributed by atoms with Gasteiger partial charge in [-0.3, -0.25) is 4.68 Å². The second-order valence-corrected chi connectivity index (χ2v) is 5.21. The lowest BCUT2D eigenvalue weighted by atomic mass is 10.3. The average molecular weight is 262 g/mol. The number of aryl methyl sites for hydroxylation is 1. The Kier molecular flexibility index (Phi) is 4.84. The van der Waals surface area contributed by atoms with Crippen molar-refractivity contribution in [2.45, 2.75) is 30.9 Å². The molecule has 1 atom stereocenters. The van der Waals surface area contributed by atoms with Crippen LogP contribution in [0.15, 0.2) is 47.5 Å². The van der Waals surface area contributed by atoms with E-state index in [0.29, 0.717) is 5.75 Å². The minimum absolute atomic E-state index is 0.468. The first-order valence-corrected chi connectivity index (χ1v) is 7.17. The molecule has 18 heavy (non-hydrogen) atoms. The summed E-state index contributed by atoms with van der Waals surface area (Å²) in [6, 6.07) is 12.0. The number of aromatic nitrogens is 2. The Hall–Kier alpha value is -1.26. The lowest BCUT2D eigenvalue weighted by molar-refractivity contribution is 0.191. The minimum atomic E-state index is -0.468. The zero-order valence-corrected chi connectivity index (χ0v) is 11.3. The number of aliphatic hydroxyl groups is 1. The third-order valence-electron chi connectivity index (χ3n) is 2.68. The molecule has 3 nitrogen and oxygen atoms in total. The van der Waals surface area contributed by atoms with Gasteiger partial charge in [0.1, 0.15) is 6.10 Å². The van der Waals surface area contributed by atoms with Gasteiger partial charge in [0.25, 0.3) is 0 Å². The van der Waals surface area contributed by atoms with Crippen molar-refractivity contribution in [1.82, 2.24) is 9.78 Å². The van der Waals surface area contributed by atoms with Gasteiger partial charge in [0.2, 0.25) is 0 Å². The number of benzene rings is 1. The van der Waals surface area contributed by atoms with E-state index in [0.717, 1.165) is 18.7 Å². The van der Waals surface area contributed by atoms with E-state index in [4.69, 9.17) is 0 Å². The molecule has 0 spiro atoms.